The first kappa shape index (κ1) is 16.9. The number of carbonyl (C=O) groups is 1. The van der Waals surface area contributed by atoms with Gasteiger partial charge >= 0.3 is 5.97 Å². The normalized spacial score (nSPS) is 11.7. The zero-order valence-electron chi connectivity index (χ0n) is 11.8. The Morgan fingerprint density at radius 2 is 2.14 bits per heavy atom. The van der Waals surface area contributed by atoms with Crippen LogP contribution < -0.4 is 0 Å². The molecule has 21 heavy (non-hydrogen) atoms. The van der Waals surface area contributed by atoms with Crippen molar-refractivity contribution in [1.29, 1.82) is 5.26 Å². The van der Waals surface area contributed by atoms with E-state index < -0.39 is 16.0 Å². The number of benzene rings is 1. The number of carboxylic acid groups (broad SMARTS) is 1. The van der Waals surface area contributed by atoms with Crippen LogP contribution in [0.25, 0.3) is 6.08 Å². The van der Waals surface area contributed by atoms with Crippen LogP contribution in [0.1, 0.15) is 17.5 Å². The SMILES string of the molecule is Cc1cc(S(=O)(=O)N(C)CCC#N)ccc1C=CC(=O)O. The highest BCUT2D eigenvalue weighted by atomic mass is 32.2. The molecule has 0 radical (unpaired) electrons. The summed E-state index contributed by atoms with van der Waals surface area (Å²) in [5.41, 5.74) is 1.29. The van der Waals surface area contributed by atoms with Gasteiger partial charge in [-0.15, -0.1) is 0 Å². The van der Waals surface area contributed by atoms with E-state index in [0.717, 1.165) is 10.4 Å². The van der Waals surface area contributed by atoms with Gasteiger partial charge in [0.15, 0.2) is 0 Å². The Morgan fingerprint density at radius 1 is 1.48 bits per heavy atom. The van der Waals surface area contributed by atoms with Crippen molar-refractivity contribution < 1.29 is 18.3 Å². The molecule has 0 spiro atoms. The first-order valence-corrected chi connectivity index (χ1v) is 7.58. The monoisotopic (exact) mass is 308 g/mol. The minimum atomic E-state index is -3.64. The van der Waals surface area contributed by atoms with E-state index in [4.69, 9.17) is 10.4 Å². The van der Waals surface area contributed by atoms with Crippen molar-refractivity contribution in [2.24, 2.45) is 0 Å². The summed E-state index contributed by atoms with van der Waals surface area (Å²) in [4.78, 5) is 10.6. The molecule has 0 aromatic heterocycles. The van der Waals surface area contributed by atoms with Crippen LogP contribution in [-0.4, -0.2) is 37.4 Å². The van der Waals surface area contributed by atoms with Gasteiger partial charge in [0, 0.05) is 26.1 Å². The van der Waals surface area contributed by atoms with Crippen molar-refractivity contribution >= 4 is 22.1 Å². The average Bonchev–Trinajstić information content (AvgIpc) is 2.42. The summed E-state index contributed by atoms with van der Waals surface area (Å²) in [5, 5.41) is 17.1. The maximum absolute atomic E-state index is 12.3. The van der Waals surface area contributed by atoms with Crippen LogP contribution in [0.4, 0.5) is 0 Å². The topological polar surface area (TPSA) is 98.5 Å². The smallest absolute Gasteiger partial charge is 0.328 e. The Hall–Kier alpha value is -2.17. The minimum Gasteiger partial charge on any atom is -0.478 e. The molecule has 0 saturated carbocycles. The predicted molar refractivity (Wildman–Crippen MR) is 77.9 cm³/mol. The van der Waals surface area contributed by atoms with Crippen LogP contribution in [-0.2, 0) is 14.8 Å². The van der Waals surface area contributed by atoms with E-state index in [0.29, 0.717) is 11.1 Å². The molecule has 0 aliphatic carbocycles. The van der Waals surface area contributed by atoms with E-state index in [2.05, 4.69) is 0 Å². The van der Waals surface area contributed by atoms with E-state index in [-0.39, 0.29) is 17.9 Å². The fourth-order valence-corrected chi connectivity index (χ4v) is 2.92. The van der Waals surface area contributed by atoms with Gasteiger partial charge in [0.1, 0.15) is 0 Å². The second-order valence-electron chi connectivity index (χ2n) is 4.42. The van der Waals surface area contributed by atoms with E-state index in [1.165, 1.54) is 25.3 Å². The number of hydrogen-bond donors (Lipinski definition) is 1. The van der Waals surface area contributed by atoms with Crippen LogP contribution in [0.2, 0.25) is 0 Å². The number of carboxylic acids is 1. The number of rotatable bonds is 6. The van der Waals surface area contributed by atoms with Gasteiger partial charge in [-0.25, -0.2) is 13.2 Å². The summed E-state index contributed by atoms with van der Waals surface area (Å²) in [5.74, 6) is -1.07. The van der Waals surface area contributed by atoms with Gasteiger partial charge in [-0.1, -0.05) is 6.07 Å². The second kappa shape index (κ2) is 7.02. The first-order valence-electron chi connectivity index (χ1n) is 6.14. The summed E-state index contributed by atoms with van der Waals surface area (Å²) < 4.78 is 25.7. The Balaban J connectivity index is 3.08. The third-order valence-electron chi connectivity index (χ3n) is 2.89. The van der Waals surface area contributed by atoms with Crippen LogP contribution in [0.15, 0.2) is 29.2 Å². The predicted octanol–water partition coefficient (Wildman–Crippen LogP) is 1.63. The molecule has 0 atom stereocenters. The molecule has 0 aliphatic heterocycles. The molecule has 7 heteroatoms. The third kappa shape index (κ3) is 4.41. The molecule has 0 fully saturated rings. The molecule has 1 aromatic carbocycles. The van der Waals surface area contributed by atoms with Gasteiger partial charge in [0.2, 0.25) is 10.0 Å². The number of hydrogen-bond acceptors (Lipinski definition) is 4. The lowest BCUT2D eigenvalue weighted by Crippen LogP contribution is -2.27. The fourth-order valence-electron chi connectivity index (χ4n) is 1.66. The molecule has 0 heterocycles. The lowest BCUT2D eigenvalue weighted by Gasteiger charge is -2.16. The minimum absolute atomic E-state index is 0.118. The molecule has 112 valence electrons. The molecule has 0 amide bonds. The molecule has 1 aromatic rings. The van der Waals surface area contributed by atoms with Crippen LogP contribution >= 0.6 is 0 Å². The zero-order valence-corrected chi connectivity index (χ0v) is 12.6. The van der Waals surface area contributed by atoms with Crippen LogP contribution in [0, 0.1) is 18.3 Å². The van der Waals surface area contributed by atoms with E-state index >= 15 is 0 Å². The summed E-state index contributed by atoms with van der Waals surface area (Å²) in [6, 6.07) is 6.36. The van der Waals surface area contributed by atoms with Crippen LogP contribution in [0.5, 0.6) is 0 Å². The van der Waals surface area contributed by atoms with Crippen LogP contribution in [0.3, 0.4) is 0 Å². The first-order chi connectivity index (χ1) is 9.78. The van der Waals surface area contributed by atoms with Gasteiger partial charge in [-0.3, -0.25) is 0 Å². The van der Waals surface area contributed by atoms with Crippen molar-refractivity contribution in [3.63, 3.8) is 0 Å². The fraction of sp³-hybridized carbons (Fsp3) is 0.286. The maximum atomic E-state index is 12.3. The highest BCUT2D eigenvalue weighted by molar-refractivity contribution is 7.89. The molecule has 1 rings (SSSR count). The summed E-state index contributed by atoms with van der Waals surface area (Å²) in [6.45, 7) is 1.83. The van der Waals surface area contributed by atoms with Gasteiger partial charge in [0.05, 0.1) is 11.0 Å². The summed E-state index contributed by atoms with van der Waals surface area (Å²) in [7, 11) is -2.22. The van der Waals surface area contributed by atoms with Gasteiger partial charge < -0.3 is 5.11 Å². The molecule has 0 saturated heterocycles. The summed E-state index contributed by atoms with van der Waals surface area (Å²) >= 11 is 0. The van der Waals surface area contributed by atoms with E-state index in [9.17, 15) is 13.2 Å². The molecule has 6 nitrogen and oxygen atoms in total. The van der Waals surface area contributed by atoms with Gasteiger partial charge in [-0.05, 0) is 36.3 Å². The number of aliphatic carboxylic acids is 1. The molecule has 1 N–H and O–H groups in total. The molecular formula is C14H16N2O4S. The Morgan fingerprint density at radius 3 is 2.67 bits per heavy atom. The number of sulfonamides is 1. The maximum Gasteiger partial charge on any atom is 0.328 e. The highest BCUT2D eigenvalue weighted by Gasteiger charge is 2.20. The van der Waals surface area contributed by atoms with Crippen molar-refractivity contribution in [3.05, 3.63) is 35.4 Å². The Labute approximate surface area is 124 Å². The standard InChI is InChI=1S/C14H16N2O4S/c1-11-10-13(6-4-12(11)5-7-14(17)18)21(19,20)16(2)9-3-8-15/h4-7,10H,3,9H2,1-2H3,(H,17,18). The zero-order chi connectivity index (χ0) is 16.0. The Kier molecular flexibility index (Phi) is 5.64. The number of aryl methyl sites for hydroxylation is 1. The van der Waals surface area contributed by atoms with Crippen molar-refractivity contribution in [2.45, 2.75) is 18.2 Å². The number of nitrogens with zero attached hydrogens (tertiary/aromatic N) is 2. The second-order valence-corrected chi connectivity index (χ2v) is 6.47. The lowest BCUT2D eigenvalue weighted by atomic mass is 10.1. The highest BCUT2D eigenvalue weighted by Crippen LogP contribution is 2.19. The quantitative estimate of drug-likeness (QED) is 0.805. The molecule has 0 unspecified atom stereocenters. The summed E-state index contributed by atoms with van der Waals surface area (Å²) in [6.07, 6.45) is 2.52. The average molecular weight is 308 g/mol. The molecule has 0 bridgehead atoms. The molecule has 0 aliphatic rings. The van der Waals surface area contributed by atoms with Crippen molar-refractivity contribution in [2.75, 3.05) is 13.6 Å². The van der Waals surface area contributed by atoms with Crippen molar-refractivity contribution in [3.8, 4) is 6.07 Å². The third-order valence-corrected chi connectivity index (χ3v) is 4.75. The largest absolute Gasteiger partial charge is 0.478 e. The number of nitriles is 1. The molecular weight excluding hydrogens is 292 g/mol. The van der Waals surface area contributed by atoms with Crippen molar-refractivity contribution in [1.82, 2.24) is 4.31 Å². The Bertz CT molecular complexity index is 702. The van der Waals surface area contributed by atoms with Gasteiger partial charge in [0.25, 0.3) is 0 Å². The van der Waals surface area contributed by atoms with E-state index in [1.54, 1.807) is 13.0 Å². The van der Waals surface area contributed by atoms with Gasteiger partial charge in [-0.2, -0.15) is 9.57 Å². The lowest BCUT2D eigenvalue weighted by molar-refractivity contribution is -0.131. The van der Waals surface area contributed by atoms with E-state index in [1.807, 2.05) is 6.07 Å².